The quantitative estimate of drug-likeness (QED) is 0.301. The lowest BCUT2D eigenvalue weighted by Crippen LogP contribution is -2.11. The average molecular weight is 408 g/mol. The number of rotatable bonds is 4. The number of nitro benzene ring substituents is 1. The number of halogens is 2. The molecule has 0 spiro atoms. The molecule has 0 unspecified atom stereocenters. The number of nitrogens with zero attached hydrogens (tertiary/aromatic N) is 2. The van der Waals surface area contributed by atoms with Crippen LogP contribution in [0.2, 0.25) is 0 Å². The minimum Gasteiger partial charge on any atom is -0.393 e. The Hall–Kier alpha value is -4.14. The third kappa shape index (κ3) is 3.37. The summed E-state index contributed by atoms with van der Waals surface area (Å²) in [6.07, 6.45) is -0.0204. The van der Waals surface area contributed by atoms with Gasteiger partial charge in [-0.05, 0) is 29.3 Å². The zero-order valence-corrected chi connectivity index (χ0v) is 15.4. The van der Waals surface area contributed by atoms with Crippen LogP contribution in [0.4, 0.5) is 20.2 Å². The van der Waals surface area contributed by atoms with Crippen LogP contribution in [0.25, 0.3) is 21.9 Å². The molecule has 0 atom stereocenters. The monoisotopic (exact) mass is 408 g/mol. The number of benzene rings is 3. The van der Waals surface area contributed by atoms with Gasteiger partial charge in [0, 0.05) is 29.5 Å². The van der Waals surface area contributed by atoms with Crippen LogP contribution in [0.1, 0.15) is 11.3 Å². The zero-order valence-electron chi connectivity index (χ0n) is 15.4. The van der Waals surface area contributed by atoms with Crippen LogP contribution in [0.3, 0.4) is 0 Å². The standard InChI is InChI=1S/C21H14F2N4O3/c22-16-10-17(23)15(11-5-6-18(24)20(9-11)27(29)30)7-12(16)8-19-13-3-1-2-4-14(13)21(28)26-25-19/h1-7,9-10H,8,24H2,(H,26,28). The molecule has 3 aromatic carbocycles. The maximum absolute atomic E-state index is 14.5. The van der Waals surface area contributed by atoms with E-state index in [1.807, 2.05) is 0 Å². The van der Waals surface area contributed by atoms with Crippen LogP contribution in [-0.4, -0.2) is 15.1 Å². The fraction of sp³-hybridized carbons (Fsp3) is 0.0476. The van der Waals surface area contributed by atoms with Gasteiger partial charge in [0.05, 0.1) is 16.0 Å². The number of nitrogens with one attached hydrogen (secondary N) is 1. The molecule has 0 fully saturated rings. The summed E-state index contributed by atoms with van der Waals surface area (Å²) in [4.78, 5) is 22.4. The number of hydrogen-bond acceptors (Lipinski definition) is 5. The Kier molecular flexibility index (Phi) is 4.71. The number of nitrogen functional groups attached to an aromatic ring is 1. The number of H-pyrrole nitrogens is 1. The summed E-state index contributed by atoms with van der Waals surface area (Å²) in [5, 5.41) is 18.5. The van der Waals surface area contributed by atoms with E-state index in [9.17, 15) is 23.7 Å². The third-order valence-electron chi connectivity index (χ3n) is 4.81. The Bertz CT molecular complexity index is 1370. The molecule has 0 saturated carbocycles. The van der Waals surface area contributed by atoms with Crippen molar-refractivity contribution in [2.24, 2.45) is 0 Å². The molecule has 0 aliphatic carbocycles. The average Bonchev–Trinajstić information content (AvgIpc) is 2.72. The van der Waals surface area contributed by atoms with Crippen LogP contribution in [0.15, 0.2) is 59.4 Å². The van der Waals surface area contributed by atoms with E-state index in [0.29, 0.717) is 16.5 Å². The Balaban J connectivity index is 1.83. The second-order valence-corrected chi connectivity index (χ2v) is 6.68. The molecule has 1 heterocycles. The normalized spacial score (nSPS) is 11.0. The molecule has 4 rings (SSSR count). The van der Waals surface area contributed by atoms with Crippen molar-refractivity contribution < 1.29 is 13.7 Å². The van der Waals surface area contributed by atoms with Crippen LogP contribution >= 0.6 is 0 Å². The molecule has 3 N–H and O–H groups in total. The van der Waals surface area contributed by atoms with Crippen molar-refractivity contribution in [1.29, 1.82) is 0 Å². The van der Waals surface area contributed by atoms with Crippen LogP contribution in [0.5, 0.6) is 0 Å². The van der Waals surface area contributed by atoms with Crippen LogP contribution < -0.4 is 11.3 Å². The summed E-state index contributed by atoms with van der Waals surface area (Å²) in [5.74, 6) is -1.66. The maximum atomic E-state index is 14.5. The fourth-order valence-electron chi connectivity index (χ4n) is 3.31. The van der Waals surface area contributed by atoms with Crippen molar-refractivity contribution in [1.82, 2.24) is 10.2 Å². The topological polar surface area (TPSA) is 115 Å². The summed E-state index contributed by atoms with van der Waals surface area (Å²) in [6, 6.07) is 12.6. The van der Waals surface area contributed by atoms with E-state index in [-0.39, 0.29) is 40.0 Å². The van der Waals surface area contributed by atoms with Crippen molar-refractivity contribution in [3.63, 3.8) is 0 Å². The minimum atomic E-state index is -0.866. The van der Waals surface area contributed by atoms with E-state index in [1.54, 1.807) is 24.3 Å². The van der Waals surface area contributed by atoms with Gasteiger partial charge in [0.15, 0.2) is 0 Å². The molecule has 150 valence electrons. The minimum absolute atomic E-state index is 0.0109. The van der Waals surface area contributed by atoms with Crippen molar-refractivity contribution in [3.05, 3.63) is 98.0 Å². The smallest absolute Gasteiger partial charge is 0.292 e. The molecule has 0 amide bonds. The van der Waals surface area contributed by atoms with E-state index in [2.05, 4.69) is 10.2 Å². The highest BCUT2D eigenvalue weighted by Crippen LogP contribution is 2.32. The van der Waals surface area contributed by atoms with Gasteiger partial charge >= 0.3 is 0 Å². The highest BCUT2D eigenvalue weighted by Gasteiger charge is 2.18. The first kappa shape index (κ1) is 19.2. The van der Waals surface area contributed by atoms with Gasteiger partial charge in [-0.2, -0.15) is 5.10 Å². The number of aromatic amines is 1. The molecule has 1 aromatic heterocycles. The van der Waals surface area contributed by atoms with Gasteiger partial charge in [0.25, 0.3) is 11.2 Å². The number of hydrogen-bond donors (Lipinski definition) is 2. The summed E-state index contributed by atoms with van der Waals surface area (Å²) in [6.45, 7) is 0. The summed E-state index contributed by atoms with van der Waals surface area (Å²) < 4.78 is 29.0. The molecule has 4 aromatic rings. The Labute approximate surface area is 167 Å². The molecular weight excluding hydrogens is 394 g/mol. The summed E-state index contributed by atoms with van der Waals surface area (Å²) in [7, 11) is 0. The molecule has 0 saturated heterocycles. The Morgan fingerprint density at radius 1 is 1.03 bits per heavy atom. The van der Waals surface area contributed by atoms with Crippen molar-refractivity contribution >= 4 is 22.1 Å². The second kappa shape index (κ2) is 7.36. The second-order valence-electron chi connectivity index (χ2n) is 6.68. The lowest BCUT2D eigenvalue weighted by atomic mass is 9.97. The molecular formula is C21H14F2N4O3. The molecule has 0 radical (unpaired) electrons. The molecule has 30 heavy (non-hydrogen) atoms. The zero-order chi connectivity index (χ0) is 21.4. The number of nitro groups is 1. The first-order valence-electron chi connectivity index (χ1n) is 8.83. The van der Waals surface area contributed by atoms with Gasteiger partial charge in [0.2, 0.25) is 0 Å². The van der Waals surface area contributed by atoms with E-state index in [1.165, 1.54) is 18.2 Å². The van der Waals surface area contributed by atoms with Crippen LogP contribution in [-0.2, 0) is 6.42 Å². The lowest BCUT2D eigenvalue weighted by molar-refractivity contribution is -0.383. The third-order valence-corrected chi connectivity index (χ3v) is 4.81. The highest BCUT2D eigenvalue weighted by atomic mass is 19.1. The largest absolute Gasteiger partial charge is 0.393 e. The van der Waals surface area contributed by atoms with Crippen molar-refractivity contribution in [3.8, 4) is 11.1 Å². The predicted octanol–water partition coefficient (Wildman–Crippen LogP) is 3.95. The number of aromatic nitrogens is 2. The fourth-order valence-corrected chi connectivity index (χ4v) is 3.31. The Morgan fingerprint density at radius 3 is 2.50 bits per heavy atom. The first-order chi connectivity index (χ1) is 14.3. The molecule has 7 nitrogen and oxygen atoms in total. The van der Waals surface area contributed by atoms with E-state index in [0.717, 1.165) is 12.1 Å². The Morgan fingerprint density at radius 2 is 1.77 bits per heavy atom. The van der Waals surface area contributed by atoms with Crippen molar-refractivity contribution in [2.45, 2.75) is 6.42 Å². The molecule has 0 bridgehead atoms. The van der Waals surface area contributed by atoms with Gasteiger partial charge < -0.3 is 5.73 Å². The predicted molar refractivity (Wildman–Crippen MR) is 108 cm³/mol. The van der Waals surface area contributed by atoms with Crippen LogP contribution in [0, 0.1) is 21.7 Å². The summed E-state index contributed by atoms with van der Waals surface area (Å²) in [5.41, 5.74) is 5.50. The van der Waals surface area contributed by atoms with E-state index in [4.69, 9.17) is 5.73 Å². The number of fused-ring (bicyclic) bond motifs is 1. The van der Waals surface area contributed by atoms with Gasteiger partial charge in [-0.3, -0.25) is 14.9 Å². The number of nitrogens with two attached hydrogens (primary N) is 1. The molecule has 0 aliphatic heterocycles. The number of anilines is 1. The van der Waals surface area contributed by atoms with Gasteiger partial charge in [-0.15, -0.1) is 0 Å². The molecule has 0 aliphatic rings. The van der Waals surface area contributed by atoms with E-state index >= 15 is 0 Å². The van der Waals surface area contributed by atoms with Gasteiger partial charge in [0.1, 0.15) is 17.3 Å². The summed E-state index contributed by atoms with van der Waals surface area (Å²) >= 11 is 0. The van der Waals surface area contributed by atoms with Crippen molar-refractivity contribution in [2.75, 3.05) is 5.73 Å². The molecule has 9 heteroatoms. The lowest BCUT2D eigenvalue weighted by Gasteiger charge is -2.10. The SMILES string of the molecule is Nc1ccc(-c2cc(Cc3n[nH]c(=O)c4ccccc34)c(F)cc2F)cc1[N+](=O)[O-]. The first-order valence-corrected chi connectivity index (χ1v) is 8.83. The van der Waals surface area contributed by atoms with Gasteiger partial charge in [-0.25, -0.2) is 13.9 Å². The maximum Gasteiger partial charge on any atom is 0.292 e. The van der Waals surface area contributed by atoms with E-state index < -0.39 is 16.6 Å². The van der Waals surface area contributed by atoms with Gasteiger partial charge in [-0.1, -0.05) is 24.3 Å². The highest BCUT2D eigenvalue weighted by molar-refractivity contribution is 5.83.